The fraction of sp³-hybridized carbons (Fsp3) is 0.333. The molecule has 7 nitrogen and oxygen atoms in total. The summed E-state index contributed by atoms with van der Waals surface area (Å²) in [5.41, 5.74) is 2.42. The molecule has 0 aliphatic carbocycles. The SMILES string of the molecule is Cc1cccc(NC(=O)Cn2c(=O)n(C(C)C)c(=O)c3nscc32)c1C. The Morgan fingerprint density at radius 2 is 2.00 bits per heavy atom. The van der Waals surface area contributed by atoms with Crippen molar-refractivity contribution in [2.45, 2.75) is 40.3 Å². The van der Waals surface area contributed by atoms with E-state index in [0.29, 0.717) is 11.2 Å². The first-order valence-corrected chi connectivity index (χ1v) is 9.10. The molecule has 0 aliphatic heterocycles. The number of amides is 1. The number of fused-ring (bicyclic) bond motifs is 1. The van der Waals surface area contributed by atoms with Crippen LogP contribution in [0.1, 0.15) is 31.0 Å². The highest BCUT2D eigenvalue weighted by atomic mass is 32.1. The van der Waals surface area contributed by atoms with Crippen molar-refractivity contribution in [3.05, 3.63) is 55.5 Å². The van der Waals surface area contributed by atoms with E-state index in [-0.39, 0.29) is 24.0 Å². The summed E-state index contributed by atoms with van der Waals surface area (Å²) in [5, 5.41) is 4.46. The molecule has 0 aliphatic rings. The van der Waals surface area contributed by atoms with Crippen molar-refractivity contribution < 1.29 is 4.79 Å². The molecule has 26 heavy (non-hydrogen) atoms. The maximum atomic E-state index is 12.8. The van der Waals surface area contributed by atoms with E-state index in [1.807, 2.05) is 32.0 Å². The summed E-state index contributed by atoms with van der Waals surface area (Å²) in [4.78, 5) is 37.8. The van der Waals surface area contributed by atoms with E-state index >= 15 is 0 Å². The van der Waals surface area contributed by atoms with Crippen LogP contribution >= 0.6 is 11.5 Å². The molecule has 1 amide bonds. The van der Waals surface area contributed by atoms with Gasteiger partial charge in [0.15, 0.2) is 5.52 Å². The Morgan fingerprint density at radius 3 is 2.69 bits per heavy atom. The number of nitrogens with zero attached hydrogens (tertiary/aromatic N) is 3. The van der Waals surface area contributed by atoms with E-state index in [1.165, 1.54) is 4.57 Å². The standard InChI is InChI=1S/C18H20N4O3S/c1-10(2)22-17(24)16-14(9-26-20-16)21(18(22)25)8-15(23)19-13-7-5-6-11(3)12(13)4/h5-7,9-10H,8H2,1-4H3,(H,19,23). The minimum absolute atomic E-state index is 0.186. The third-order valence-electron chi connectivity index (χ3n) is 4.40. The highest BCUT2D eigenvalue weighted by Crippen LogP contribution is 2.18. The smallest absolute Gasteiger partial charge is 0.324 e. The van der Waals surface area contributed by atoms with Gasteiger partial charge < -0.3 is 5.32 Å². The summed E-state index contributed by atoms with van der Waals surface area (Å²) >= 11 is 1.09. The lowest BCUT2D eigenvalue weighted by Gasteiger charge is -2.15. The van der Waals surface area contributed by atoms with Crippen molar-refractivity contribution in [1.29, 1.82) is 0 Å². The average molecular weight is 372 g/mol. The molecule has 0 saturated heterocycles. The van der Waals surface area contributed by atoms with E-state index in [1.54, 1.807) is 19.2 Å². The number of carbonyl (C=O) groups excluding carboxylic acids is 1. The molecule has 136 valence electrons. The predicted molar refractivity (Wildman–Crippen MR) is 103 cm³/mol. The van der Waals surface area contributed by atoms with Gasteiger partial charge in [0.05, 0.1) is 5.52 Å². The number of carbonyl (C=O) groups is 1. The van der Waals surface area contributed by atoms with Crippen LogP contribution in [-0.2, 0) is 11.3 Å². The van der Waals surface area contributed by atoms with Crippen LogP contribution in [0.5, 0.6) is 0 Å². The van der Waals surface area contributed by atoms with Crippen molar-refractivity contribution in [2.75, 3.05) is 5.32 Å². The molecular weight excluding hydrogens is 352 g/mol. The molecular formula is C18H20N4O3S. The maximum Gasteiger partial charge on any atom is 0.332 e. The molecule has 0 saturated carbocycles. The fourth-order valence-corrected chi connectivity index (χ4v) is 3.50. The normalized spacial score (nSPS) is 11.3. The number of benzene rings is 1. The number of hydrogen-bond donors (Lipinski definition) is 1. The molecule has 0 atom stereocenters. The van der Waals surface area contributed by atoms with Crippen LogP contribution in [0.25, 0.3) is 11.0 Å². The average Bonchev–Trinajstić information content (AvgIpc) is 3.05. The number of aryl methyl sites for hydroxylation is 1. The molecule has 0 spiro atoms. The van der Waals surface area contributed by atoms with Gasteiger partial charge in [0, 0.05) is 17.1 Å². The number of hydrogen-bond acceptors (Lipinski definition) is 5. The first-order valence-electron chi connectivity index (χ1n) is 8.26. The zero-order valence-electron chi connectivity index (χ0n) is 15.1. The second-order valence-electron chi connectivity index (χ2n) is 6.48. The summed E-state index contributed by atoms with van der Waals surface area (Å²) in [7, 11) is 0. The van der Waals surface area contributed by atoms with E-state index < -0.39 is 11.2 Å². The van der Waals surface area contributed by atoms with Gasteiger partial charge in [-0.3, -0.25) is 18.7 Å². The minimum atomic E-state index is -0.506. The third-order valence-corrected chi connectivity index (χ3v) is 5.01. The molecule has 0 bridgehead atoms. The number of rotatable bonds is 4. The van der Waals surface area contributed by atoms with Crippen LogP contribution < -0.4 is 16.6 Å². The van der Waals surface area contributed by atoms with Crippen LogP contribution in [0.4, 0.5) is 5.69 Å². The zero-order valence-corrected chi connectivity index (χ0v) is 15.9. The molecule has 3 rings (SSSR count). The lowest BCUT2D eigenvalue weighted by atomic mass is 10.1. The van der Waals surface area contributed by atoms with Crippen LogP contribution in [0.2, 0.25) is 0 Å². The van der Waals surface area contributed by atoms with E-state index in [2.05, 4.69) is 9.69 Å². The minimum Gasteiger partial charge on any atom is -0.324 e. The number of anilines is 1. The lowest BCUT2D eigenvalue weighted by molar-refractivity contribution is -0.116. The quantitative estimate of drug-likeness (QED) is 0.762. The summed E-state index contributed by atoms with van der Waals surface area (Å²) < 4.78 is 6.54. The van der Waals surface area contributed by atoms with Gasteiger partial charge >= 0.3 is 5.69 Å². The monoisotopic (exact) mass is 372 g/mol. The topological polar surface area (TPSA) is 86.0 Å². The van der Waals surface area contributed by atoms with Crippen LogP contribution in [0.3, 0.4) is 0 Å². The summed E-state index contributed by atoms with van der Waals surface area (Å²) in [5.74, 6) is -0.331. The molecule has 1 aromatic carbocycles. The summed E-state index contributed by atoms with van der Waals surface area (Å²) in [6.07, 6.45) is 0. The molecule has 0 fully saturated rings. The maximum absolute atomic E-state index is 12.8. The lowest BCUT2D eigenvalue weighted by Crippen LogP contribution is -2.42. The molecule has 2 heterocycles. The number of nitrogens with one attached hydrogen (secondary N) is 1. The molecule has 0 radical (unpaired) electrons. The largest absolute Gasteiger partial charge is 0.332 e. The Balaban J connectivity index is 2.02. The van der Waals surface area contributed by atoms with Crippen molar-refractivity contribution in [3.8, 4) is 0 Å². The zero-order chi connectivity index (χ0) is 19.0. The van der Waals surface area contributed by atoms with Gasteiger partial charge in [-0.2, -0.15) is 4.37 Å². The van der Waals surface area contributed by atoms with Crippen molar-refractivity contribution in [2.24, 2.45) is 0 Å². The molecule has 0 unspecified atom stereocenters. The summed E-state index contributed by atoms with van der Waals surface area (Å²) in [6, 6.07) is 5.33. The van der Waals surface area contributed by atoms with Crippen molar-refractivity contribution >= 4 is 34.2 Å². The van der Waals surface area contributed by atoms with Crippen molar-refractivity contribution in [1.82, 2.24) is 13.5 Å². The first-order chi connectivity index (χ1) is 12.3. The van der Waals surface area contributed by atoms with Gasteiger partial charge in [-0.1, -0.05) is 12.1 Å². The van der Waals surface area contributed by atoms with E-state index in [9.17, 15) is 14.4 Å². The second-order valence-corrected chi connectivity index (χ2v) is 7.11. The Hall–Kier alpha value is -2.74. The van der Waals surface area contributed by atoms with Gasteiger partial charge in [-0.05, 0) is 56.4 Å². The van der Waals surface area contributed by atoms with Gasteiger partial charge in [-0.15, -0.1) is 0 Å². The van der Waals surface area contributed by atoms with Gasteiger partial charge in [-0.25, -0.2) is 4.79 Å². The molecule has 2 aromatic heterocycles. The third kappa shape index (κ3) is 3.08. The van der Waals surface area contributed by atoms with E-state index in [0.717, 1.165) is 27.2 Å². The van der Waals surface area contributed by atoms with Crippen molar-refractivity contribution in [3.63, 3.8) is 0 Å². The van der Waals surface area contributed by atoms with Crippen LogP contribution in [0, 0.1) is 13.8 Å². The molecule has 1 N–H and O–H groups in total. The van der Waals surface area contributed by atoms with Gasteiger partial charge in [0.2, 0.25) is 5.91 Å². The highest BCUT2D eigenvalue weighted by Gasteiger charge is 2.19. The van der Waals surface area contributed by atoms with Gasteiger partial charge in [0.25, 0.3) is 5.56 Å². The molecule has 3 aromatic rings. The second kappa shape index (κ2) is 6.87. The Labute approximate surface area is 154 Å². The summed E-state index contributed by atoms with van der Waals surface area (Å²) in [6.45, 7) is 7.21. The molecule has 8 heteroatoms. The Bertz CT molecular complexity index is 1110. The number of aromatic nitrogens is 3. The van der Waals surface area contributed by atoms with Crippen LogP contribution in [-0.4, -0.2) is 19.4 Å². The fourth-order valence-electron chi connectivity index (χ4n) is 2.83. The highest BCUT2D eigenvalue weighted by molar-refractivity contribution is 7.04. The predicted octanol–water partition coefficient (Wildman–Crippen LogP) is 2.46. The van der Waals surface area contributed by atoms with Crippen LogP contribution in [0.15, 0.2) is 33.2 Å². The Kier molecular flexibility index (Phi) is 4.78. The first kappa shape index (κ1) is 18.1. The van der Waals surface area contributed by atoms with Gasteiger partial charge in [0.1, 0.15) is 6.54 Å². The van der Waals surface area contributed by atoms with E-state index in [4.69, 9.17) is 0 Å². The Morgan fingerprint density at radius 1 is 1.27 bits per heavy atom.